The van der Waals surface area contributed by atoms with Crippen LogP contribution in [0, 0.1) is 0 Å². The van der Waals surface area contributed by atoms with Crippen LogP contribution in [-0.4, -0.2) is 19.7 Å². The lowest BCUT2D eigenvalue weighted by Gasteiger charge is -1.85. The van der Waals surface area contributed by atoms with Gasteiger partial charge in [-0.15, -0.1) is 0 Å². The minimum absolute atomic E-state index is 0.200. The maximum Gasteiger partial charge on any atom is 0.314 e. The molecule has 62 valence electrons. The van der Waals surface area contributed by atoms with Gasteiger partial charge in [-0.05, 0) is 6.42 Å². The van der Waals surface area contributed by atoms with Gasteiger partial charge in [0.1, 0.15) is 6.26 Å². The van der Waals surface area contributed by atoms with Crippen LogP contribution < -0.4 is 0 Å². The van der Waals surface area contributed by atoms with Gasteiger partial charge in [-0.3, -0.25) is 0 Å². The summed E-state index contributed by atoms with van der Waals surface area (Å²) in [4.78, 5) is 3.75. The van der Waals surface area contributed by atoms with Crippen LogP contribution in [0.25, 0.3) is 0 Å². The maximum atomic E-state index is 10.8. The summed E-state index contributed by atoms with van der Waals surface area (Å²) in [5.41, 5.74) is 0.658. The predicted molar refractivity (Wildman–Crippen MR) is 39.0 cm³/mol. The lowest BCUT2D eigenvalue weighted by Crippen LogP contribution is -1.97. The molecular formula is C6H9NO3S. The molecule has 0 amide bonds. The molecular weight excluding hydrogens is 166 g/mol. The van der Waals surface area contributed by atoms with Crippen molar-refractivity contribution in [3.63, 3.8) is 0 Å². The van der Waals surface area contributed by atoms with Gasteiger partial charge in [-0.2, -0.15) is 0 Å². The van der Waals surface area contributed by atoms with Gasteiger partial charge in [0.25, 0.3) is 0 Å². The maximum absolute atomic E-state index is 10.8. The summed E-state index contributed by atoms with van der Waals surface area (Å²) in [6, 6.07) is 0. The largest absolute Gasteiger partial charge is 0.436 e. The Balaban J connectivity index is 3.09. The van der Waals surface area contributed by atoms with Gasteiger partial charge in [0.15, 0.2) is 0 Å². The lowest BCUT2D eigenvalue weighted by molar-refractivity contribution is 0.432. The Kier molecular flexibility index (Phi) is 1.99. The molecule has 0 saturated heterocycles. The van der Waals surface area contributed by atoms with Crippen LogP contribution in [0.15, 0.2) is 15.9 Å². The quantitative estimate of drug-likeness (QED) is 0.661. The number of oxazole rings is 1. The molecule has 0 aliphatic rings. The first-order chi connectivity index (χ1) is 5.04. The first-order valence-corrected chi connectivity index (χ1v) is 5.07. The van der Waals surface area contributed by atoms with Crippen molar-refractivity contribution in [3.05, 3.63) is 12.0 Å². The van der Waals surface area contributed by atoms with Crippen LogP contribution in [0.1, 0.15) is 12.6 Å². The average molecular weight is 175 g/mol. The summed E-state index contributed by atoms with van der Waals surface area (Å²) < 4.78 is 26.3. The van der Waals surface area contributed by atoms with Crippen molar-refractivity contribution < 1.29 is 12.8 Å². The second-order valence-corrected chi connectivity index (χ2v) is 4.12. The molecule has 1 rings (SSSR count). The van der Waals surface area contributed by atoms with Crippen molar-refractivity contribution in [2.24, 2.45) is 0 Å². The SMILES string of the molecule is CCc1coc(S(C)(=O)=O)n1. The summed E-state index contributed by atoms with van der Waals surface area (Å²) in [5.74, 6) is 0. The fraction of sp³-hybridized carbons (Fsp3) is 0.500. The predicted octanol–water partition coefficient (Wildman–Crippen LogP) is 0.641. The van der Waals surface area contributed by atoms with E-state index in [1.54, 1.807) is 0 Å². The molecule has 0 aliphatic carbocycles. The fourth-order valence-electron chi connectivity index (χ4n) is 0.621. The fourth-order valence-corrected chi connectivity index (χ4v) is 1.13. The number of hydrogen-bond donors (Lipinski definition) is 0. The van der Waals surface area contributed by atoms with Crippen LogP contribution in [0.2, 0.25) is 0 Å². The Morgan fingerprint density at radius 1 is 1.64 bits per heavy atom. The molecule has 0 unspecified atom stereocenters. The van der Waals surface area contributed by atoms with Gasteiger partial charge >= 0.3 is 5.22 Å². The molecule has 0 bridgehead atoms. The molecule has 11 heavy (non-hydrogen) atoms. The van der Waals surface area contributed by atoms with Crippen molar-refractivity contribution >= 4 is 9.84 Å². The molecule has 1 aromatic heterocycles. The molecule has 0 fully saturated rings. The van der Waals surface area contributed by atoms with Crippen LogP contribution in [0.3, 0.4) is 0 Å². The minimum Gasteiger partial charge on any atom is -0.436 e. The third-order valence-corrected chi connectivity index (χ3v) is 2.03. The Morgan fingerprint density at radius 3 is 2.55 bits per heavy atom. The van der Waals surface area contributed by atoms with E-state index >= 15 is 0 Å². The first-order valence-electron chi connectivity index (χ1n) is 3.18. The lowest BCUT2D eigenvalue weighted by atomic mass is 10.4. The molecule has 0 radical (unpaired) electrons. The zero-order valence-corrected chi connectivity index (χ0v) is 7.18. The molecule has 0 atom stereocenters. The summed E-state index contributed by atoms with van der Waals surface area (Å²) >= 11 is 0. The van der Waals surface area contributed by atoms with Gasteiger partial charge in [0.05, 0.1) is 5.69 Å². The summed E-state index contributed by atoms with van der Waals surface area (Å²) in [6.45, 7) is 1.88. The van der Waals surface area contributed by atoms with Crippen LogP contribution in [0.5, 0.6) is 0 Å². The summed E-state index contributed by atoms with van der Waals surface area (Å²) in [6.07, 6.45) is 3.10. The van der Waals surface area contributed by atoms with Gasteiger partial charge in [0.2, 0.25) is 9.84 Å². The van der Waals surface area contributed by atoms with Crippen molar-refractivity contribution in [3.8, 4) is 0 Å². The Hall–Kier alpha value is -0.840. The van der Waals surface area contributed by atoms with E-state index in [2.05, 4.69) is 4.98 Å². The normalized spacial score (nSPS) is 11.8. The van der Waals surface area contributed by atoms with E-state index in [0.29, 0.717) is 12.1 Å². The Morgan fingerprint density at radius 2 is 2.27 bits per heavy atom. The number of nitrogens with zero attached hydrogens (tertiary/aromatic N) is 1. The monoisotopic (exact) mass is 175 g/mol. The van der Waals surface area contributed by atoms with E-state index in [1.807, 2.05) is 6.92 Å². The molecule has 0 aliphatic heterocycles. The third-order valence-electron chi connectivity index (χ3n) is 1.21. The molecule has 0 N–H and O–H groups in total. The number of sulfone groups is 1. The highest BCUT2D eigenvalue weighted by molar-refractivity contribution is 7.90. The zero-order chi connectivity index (χ0) is 8.48. The number of aryl methyl sites for hydroxylation is 1. The highest BCUT2D eigenvalue weighted by Crippen LogP contribution is 2.07. The van der Waals surface area contributed by atoms with Crippen LogP contribution in [-0.2, 0) is 16.3 Å². The van der Waals surface area contributed by atoms with Crippen LogP contribution >= 0.6 is 0 Å². The van der Waals surface area contributed by atoms with E-state index < -0.39 is 9.84 Å². The molecule has 0 aromatic carbocycles. The van der Waals surface area contributed by atoms with Gasteiger partial charge in [-0.25, -0.2) is 13.4 Å². The highest BCUT2D eigenvalue weighted by atomic mass is 32.2. The summed E-state index contributed by atoms with van der Waals surface area (Å²) in [7, 11) is -3.27. The van der Waals surface area contributed by atoms with Crippen molar-refractivity contribution in [1.29, 1.82) is 0 Å². The van der Waals surface area contributed by atoms with Crippen molar-refractivity contribution in [2.45, 2.75) is 18.6 Å². The van der Waals surface area contributed by atoms with Crippen LogP contribution in [0.4, 0.5) is 0 Å². The molecule has 5 heteroatoms. The molecule has 0 saturated carbocycles. The number of aromatic nitrogens is 1. The molecule has 0 spiro atoms. The van der Waals surface area contributed by atoms with E-state index in [9.17, 15) is 8.42 Å². The average Bonchev–Trinajstić information content (AvgIpc) is 2.32. The standard InChI is InChI=1S/C6H9NO3S/c1-3-5-4-10-6(7-5)11(2,8)9/h4H,3H2,1-2H3. The summed E-state index contributed by atoms with van der Waals surface area (Å²) in [5, 5.41) is -0.200. The second-order valence-electron chi connectivity index (χ2n) is 2.23. The Bertz CT molecular complexity index is 338. The molecule has 1 aromatic rings. The van der Waals surface area contributed by atoms with Gasteiger partial charge in [-0.1, -0.05) is 6.92 Å². The minimum atomic E-state index is -3.27. The third kappa shape index (κ3) is 1.80. The first kappa shape index (κ1) is 8.26. The molecule has 4 nitrogen and oxygen atoms in total. The van der Waals surface area contributed by atoms with E-state index in [4.69, 9.17) is 4.42 Å². The topological polar surface area (TPSA) is 60.2 Å². The van der Waals surface area contributed by atoms with E-state index in [-0.39, 0.29) is 5.22 Å². The second kappa shape index (κ2) is 2.65. The highest BCUT2D eigenvalue weighted by Gasteiger charge is 2.13. The van der Waals surface area contributed by atoms with E-state index in [1.165, 1.54) is 6.26 Å². The molecule has 1 heterocycles. The Labute approximate surface area is 65.2 Å². The number of rotatable bonds is 2. The van der Waals surface area contributed by atoms with Gasteiger partial charge in [0, 0.05) is 6.26 Å². The zero-order valence-electron chi connectivity index (χ0n) is 6.36. The smallest absolute Gasteiger partial charge is 0.314 e. The van der Waals surface area contributed by atoms with Gasteiger partial charge < -0.3 is 4.42 Å². The van der Waals surface area contributed by atoms with Crippen molar-refractivity contribution in [1.82, 2.24) is 4.98 Å². The van der Waals surface area contributed by atoms with Crippen molar-refractivity contribution in [2.75, 3.05) is 6.26 Å². The van der Waals surface area contributed by atoms with E-state index in [0.717, 1.165) is 6.26 Å². The number of hydrogen-bond acceptors (Lipinski definition) is 4.